The predicted molar refractivity (Wildman–Crippen MR) is 92.9 cm³/mol. The molecule has 3 rings (SSSR count). The van der Waals surface area contributed by atoms with Gasteiger partial charge in [-0.1, -0.05) is 29.3 Å². The number of hydrogen-bond acceptors (Lipinski definition) is 3. The minimum atomic E-state index is 0.1000. The Morgan fingerprint density at radius 3 is 3.10 bits per heavy atom. The molecule has 1 unspecified atom stereocenters. The number of nitrogens with zero attached hydrogens (tertiary/aromatic N) is 1. The number of likely N-dealkylation sites (tertiary alicyclic amines) is 1. The molecule has 1 aromatic heterocycles. The first kappa shape index (κ1) is 14.9. The van der Waals surface area contributed by atoms with E-state index in [1.165, 1.54) is 17.8 Å². The number of fused-ring (bicyclic) bond motifs is 1. The molecule has 1 atom stereocenters. The molecule has 2 N–H and O–H groups in total. The van der Waals surface area contributed by atoms with Crippen molar-refractivity contribution in [3.05, 3.63) is 27.5 Å². The van der Waals surface area contributed by atoms with E-state index in [2.05, 4.69) is 22.9 Å². The van der Waals surface area contributed by atoms with E-state index in [1.54, 1.807) is 0 Å². The lowest BCUT2D eigenvalue weighted by Gasteiger charge is -2.32. The highest BCUT2D eigenvalue weighted by Crippen LogP contribution is 2.36. The number of hydrogen-bond donors (Lipinski definition) is 1. The van der Waals surface area contributed by atoms with Crippen LogP contribution in [0.3, 0.4) is 0 Å². The second-order valence-electron chi connectivity index (χ2n) is 5.65. The minimum absolute atomic E-state index is 0.1000. The number of piperidine rings is 1. The van der Waals surface area contributed by atoms with E-state index >= 15 is 0 Å². The average molecular weight is 367 g/mol. The molecule has 0 bridgehead atoms. The van der Waals surface area contributed by atoms with Crippen molar-refractivity contribution in [3.63, 3.8) is 0 Å². The summed E-state index contributed by atoms with van der Waals surface area (Å²) in [5.74, 6) is 0.732. The lowest BCUT2D eigenvalue weighted by atomic mass is 9.95. The van der Waals surface area contributed by atoms with Crippen LogP contribution >= 0.6 is 27.3 Å². The molecule has 1 aliphatic heterocycles. The van der Waals surface area contributed by atoms with Crippen molar-refractivity contribution in [1.82, 2.24) is 4.90 Å². The van der Waals surface area contributed by atoms with Crippen molar-refractivity contribution in [2.24, 2.45) is 5.92 Å². The summed E-state index contributed by atoms with van der Waals surface area (Å²) in [7, 11) is 0. The number of halogens is 1. The van der Waals surface area contributed by atoms with Crippen LogP contribution in [0.25, 0.3) is 10.1 Å². The minimum Gasteiger partial charge on any atom is -0.397 e. The average Bonchev–Trinajstić information content (AvgIpc) is 2.83. The first-order chi connectivity index (χ1) is 10.1. The molecular weight excluding hydrogens is 348 g/mol. The first-order valence-electron chi connectivity index (χ1n) is 7.37. The number of rotatable bonds is 2. The maximum absolute atomic E-state index is 12.8. The summed E-state index contributed by atoms with van der Waals surface area (Å²) in [5, 5.41) is 0.974. The molecule has 3 nitrogen and oxygen atoms in total. The number of anilines is 1. The van der Waals surface area contributed by atoms with Gasteiger partial charge in [-0.15, -0.1) is 11.3 Å². The molecule has 0 spiro atoms. The van der Waals surface area contributed by atoms with Crippen molar-refractivity contribution in [2.75, 3.05) is 18.8 Å². The summed E-state index contributed by atoms with van der Waals surface area (Å²) in [4.78, 5) is 15.5. The Kier molecular flexibility index (Phi) is 4.22. The van der Waals surface area contributed by atoms with E-state index in [1.807, 2.05) is 23.1 Å². The molecule has 5 heteroatoms. The largest absolute Gasteiger partial charge is 0.397 e. The Morgan fingerprint density at radius 2 is 2.33 bits per heavy atom. The number of benzene rings is 1. The third kappa shape index (κ3) is 2.81. The third-order valence-electron chi connectivity index (χ3n) is 4.27. The van der Waals surface area contributed by atoms with Gasteiger partial charge in [-0.3, -0.25) is 4.79 Å². The van der Waals surface area contributed by atoms with E-state index in [4.69, 9.17) is 5.73 Å². The molecule has 0 radical (unpaired) electrons. The van der Waals surface area contributed by atoms with Gasteiger partial charge in [0.2, 0.25) is 0 Å². The van der Waals surface area contributed by atoms with Crippen molar-refractivity contribution >= 4 is 48.9 Å². The van der Waals surface area contributed by atoms with Crippen molar-refractivity contribution in [2.45, 2.75) is 26.2 Å². The fourth-order valence-corrected chi connectivity index (χ4v) is 4.41. The Bertz CT molecular complexity index is 682. The number of nitrogens with two attached hydrogens (primary N) is 1. The Balaban J connectivity index is 1.92. The first-order valence-corrected chi connectivity index (χ1v) is 8.98. The monoisotopic (exact) mass is 366 g/mol. The smallest absolute Gasteiger partial charge is 0.266 e. The van der Waals surface area contributed by atoms with Gasteiger partial charge in [0.05, 0.1) is 5.69 Å². The van der Waals surface area contributed by atoms with E-state index in [9.17, 15) is 4.79 Å². The van der Waals surface area contributed by atoms with Crippen LogP contribution < -0.4 is 5.73 Å². The molecule has 1 fully saturated rings. The number of thiophene rings is 1. The molecule has 112 valence electrons. The van der Waals surface area contributed by atoms with Gasteiger partial charge in [-0.2, -0.15) is 0 Å². The molecule has 21 heavy (non-hydrogen) atoms. The highest BCUT2D eigenvalue weighted by atomic mass is 79.9. The number of amides is 1. The van der Waals surface area contributed by atoms with Gasteiger partial charge in [-0.25, -0.2) is 0 Å². The van der Waals surface area contributed by atoms with Gasteiger partial charge in [0, 0.05) is 27.6 Å². The van der Waals surface area contributed by atoms with Crippen LogP contribution in [0.15, 0.2) is 22.7 Å². The lowest BCUT2D eigenvalue weighted by Crippen LogP contribution is -2.39. The highest BCUT2D eigenvalue weighted by molar-refractivity contribution is 9.10. The van der Waals surface area contributed by atoms with Crippen LogP contribution in [0.4, 0.5) is 5.69 Å². The topological polar surface area (TPSA) is 46.3 Å². The second-order valence-corrected chi connectivity index (χ2v) is 7.62. The summed E-state index contributed by atoms with van der Waals surface area (Å²) >= 11 is 4.97. The van der Waals surface area contributed by atoms with Gasteiger partial charge in [0.15, 0.2) is 0 Å². The van der Waals surface area contributed by atoms with E-state index < -0.39 is 0 Å². The van der Waals surface area contributed by atoms with Crippen LogP contribution in [0.1, 0.15) is 35.9 Å². The van der Waals surface area contributed by atoms with E-state index in [0.29, 0.717) is 16.5 Å². The molecule has 2 heterocycles. The predicted octanol–water partition coefficient (Wildman–Crippen LogP) is 4.51. The number of carbonyl (C=O) groups excluding carboxylic acids is 1. The third-order valence-corrected chi connectivity index (χ3v) is 5.93. The zero-order chi connectivity index (χ0) is 15.0. The van der Waals surface area contributed by atoms with Crippen molar-refractivity contribution in [1.29, 1.82) is 0 Å². The van der Waals surface area contributed by atoms with Gasteiger partial charge >= 0.3 is 0 Å². The fourth-order valence-electron chi connectivity index (χ4n) is 2.97. The molecule has 2 aromatic rings. The molecule has 0 aliphatic carbocycles. The Morgan fingerprint density at radius 1 is 1.52 bits per heavy atom. The normalized spacial score (nSPS) is 19.1. The zero-order valence-corrected chi connectivity index (χ0v) is 14.5. The van der Waals surface area contributed by atoms with Crippen LogP contribution in [0, 0.1) is 5.92 Å². The molecule has 1 aromatic carbocycles. The fraction of sp³-hybridized carbons (Fsp3) is 0.438. The standard InChI is InChI=1S/C16H19BrN2OS/c1-2-10-4-3-7-19(9-10)16(20)15-14(18)12-8-11(17)5-6-13(12)21-15/h5-6,8,10H,2-4,7,9,18H2,1H3. The summed E-state index contributed by atoms with van der Waals surface area (Å²) in [6.07, 6.45) is 3.47. The lowest BCUT2D eigenvalue weighted by molar-refractivity contribution is 0.0677. The van der Waals surface area contributed by atoms with Gasteiger partial charge in [-0.05, 0) is 37.0 Å². The van der Waals surface area contributed by atoms with Crippen molar-refractivity contribution < 1.29 is 4.79 Å². The van der Waals surface area contributed by atoms with Crippen LogP contribution in [0.5, 0.6) is 0 Å². The van der Waals surface area contributed by atoms with E-state index in [-0.39, 0.29) is 5.91 Å². The van der Waals surface area contributed by atoms with Crippen LogP contribution in [0.2, 0.25) is 0 Å². The van der Waals surface area contributed by atoms with Crippen LogP contribution in [-0.2, 0) is 0 Å². The van der Waals surface area contributed by atoms with Gasteiger partial charge in [0.1, 0.15) is 4.88 Å². The van der Waals surface area contributed by atoms with Crippen molar-refractivity contribution in [3.8, 4) is 0 Å². The molecule has 1 aliphatic rings. The van der Waals surface area contributed by atoms with Gasteiger partial charge in [0.25, 0.3) is 5.91 Å². The number of nitrogen functional groups attached to an aromatic ring is 1. The number of carbonyl (C=O) groups is 1. The quantitative estimate of drug-likeness (QED) is 0.849. The summed E-state index contributed by atoms with van der Waals surface area (Å²) in [5.41, 5.74) is 6.85. The highest BCUT2D eigenvalue weighted by Gasteiger charge is 2.26. The summed E-state index contributed by atoms with van der Waals surface area (Å²) in [6, 6.07) is 5.99. The second kappa shape index (κ2) is 5.97. The Hall–Kier alpha value is -1.07. The molecular formula is C16H19BrN2OS. The van der Waals surface area contributed by atoms with Gasteiger partial charge < -0.3 is 10.6 Å². The SMILES string of the molecule is CCC1CCCN(C(=O)c2sc3ccc(Br)cc3c2N)C1. The summed E-state index contributed by atoms with van der Waals surface area (Å²) in [6.45, 7) is 3.92. The molecule has 1 saturated heterocycles. The van der Waals surface area contributed by atoms with Crippen LogP contribution in [-0.4, -0.2) is 23.9 Å². The molecule has 0 saturated carbocycles. The van der Waals surface area contributed by atoms with E-state index in [0.717, 1.165) is 40.5 Å². The summed E-state index contributed by atoms with van der Waals surface area (Å²) < 4.78 is 2.06. The maximum atomic E-state index is 12.8. The Labute approximate surface area is 137 Å². The zero-order valence-electron chi connectivity index (χ0n) is 12.1. The molecule has 1 amide bonds. The maximum Gasteiger partial charge on any atom is 0.266 e.